The third-order valence-corrected chi connectivity index (χ3v) is 5.53. The molecule has 114 valence electrons. The lowest BCUT2D eigenvalue weighted by Crippen LogP contribution is -2.33. The first-order valence-corrected chi connectivity index (χ1v) is 8.71. The quantitative estimate of drug-likeness (QED) is 0.908. The number of carbonyl (C=O) groups excluding carboxylic acids is 1. The van der Waals surface area contributed by atoms with Gasteiger partial charge in [0.1, 0.15) is 17.5 Å². The summed E-state index contributed by atoms with van der Waals surface area (Å²) in [6.07, 6.45) is 4.64. The van der Waals surface area contributed by atoms with Crippen molar-refractivity contribution < 1.29 is 9.18 Å². The van der Waals surface area contributed by atoms with E-state index in [0.717, 1.165) is 31.4 Å². The Balaban J connectivity index is 1.81. The van der Waals surface area contributed by atoms with Gasteiger partial charge in [0, 0.05) is 11.8 Å². The molecule has 0 radical (unpaired) electrons. The second-order valence-corrected chi connectivity index (χ2v) is 7.29. The van der Waals surface area contributed by atoms with Crippen LogP contribution in [0, 0.1) is 5.82 Å². The van der Waals surface area contributed by atoms with E-state index in [-0.39, 0.29) is 23.4 Å². The third-order valence-electron chi connectivity index (χ3n) is 4.49. The Hall–Kier alpha value is -1.07. The number of amides is 1. The molecule has 3 nitrogen and oxygen atoms in total. The van der Waals surface area contributed by atoms with E-state index in [0.29, 0.717) is 5.25 Å². The van der Waals surface area contributed by atoms with Crippen LogP contribution in [0.5, 0.6) is 0 Å². The summed E-state index contributed by atoms with van der Waals surface area (Å²) in [6.45, 7) is 2.89. The molecular weight excluding hydrogens is 287 g/mol. The highest BCUT2D eigenvalue weighted by Crippen LogP contribution is 2.46. The van der Waals surface area contributed by atoms with Gasteiger partial charge >= 0.3 is 0 Å². The molecule has 3 rings (SSSR count). The zero-order valence-corrected chi connectivity index (χ0v) is 13.3. The molecule has 1 N–H and O–H groups in total. The van der Waals surface area contributed by atoms with Crippen LogP contribution in [-0.4, -0.2) is 34.4 Å². The van der Waals surface area contributed by atoms with Crippen molar-refractivity contribution in [3.8, 4) is 0 Å². The largest absolute Gasteiger partial charge is 0.321 e. The van der Waals surface area contributed by atoms with Gasteiger partial charge in [-0.2, -0.15) is 11.8 Å². The summed E-state index contributed by atoms with van der Waals surface area (Å²) in [5, 5.41) is 3.94. The lowest BCUT2D eigenvalue weighted by molar-refractivity contribution is -0.130. The molecule has 2 aliphatic rings. The number of halogens is 1. The van der Waals surface area contributed by atoms with Crippen molar-refractivity contribution in [2.24, 2.45) is 0 Å². The number of nitrogens with zero attached hydrogens (tertiary/aromatic N) is 1. The normalized spacial score (nSPS) is 24.6. The molecule has 2 fully saturated rings. The Bertz CT molecular complexity index is 547. The predicted octanol–water partition coefficient (Wildman–Crippen LogP) is 2.93. The molecule has 1 aliphatic carbocycles. The van der Waals surface area contributed by atoms with E-state index < -0.39 is 0 Å². The summed E-state index contributed by atoms with van der Waals surface area (Å²) in [5.74, 6) is -0.0685. The summed E-state index contributed by atoms with van der Waals surface area (Å²) in [4.78, 5) is 14.5. The Morgan fingerprint density at radius 2 is 2.29 bits per heavy atom. The number of benzene rings is 1. The fraction of sp³-hybridized carbons (Fsp3) is 0.562. The topological polar surface area (TPSA) is 32.3 Å². The van der Waals surface area contributed by atoms with Crippen molar-refractivity contribution in [1.29, 1.82) is 0 Å². The number of hydrogen-bond donors (Lipinski definition) is 1. The molecule has 21 heavy (non-hydrogen) atoms. The maximum absolute atomic E-state index is 13.5. The lowest BCUT2D eigenvalue weighted by atomic mass is 10.1. The van der Waals surface area contributed by atoms with Gasteiger partial charge in [-0.25, -0.2) is 4.39 Å². The molecule has 1 amide bonds. The molecule has 0 bridgehead atoms. The zero-order valence-electron chi connectivity index (χ0n) is 12.4. The van der Waals surface area contributed by atoms with E-state index in [1.807, 2.05) is 11.0 Å². The van der Waals surface area contributed by atoms with Gasteiger partial charge in [-0.15, -0.1) is 0 Å². The monoisotopic (exact) mass is 308 g/mol. The van der Waals surface area contributed by atoms with Crippen molar-refractivity contribution in [3.63, 3.8) is 0 Å². The van der Waals surface area contributed by atoms with E-state index in [1.54, 1.807) is 17.8 Å². The van der Waals surface area contributed by atoms with Crippen LogP contribution in [0.2, 0.25) is 0 Å². The Kier molecular flexibility index (Phi) is 3.97. The molecule has 1 aliphatic heterocycles. The second-order valence-electron chi connectivity index (χ2n) is 6.02. The summed E-state index contributed by atoms with van der Waals surface area (Å²) in [5.41, 5.74) is 0.475. The van der Waals surface area contributed by atoms with Crippen LogP contribution in [0.1, 0.15) is 37.9 Å². The van der Waals surface area contributed by atoms with Gasteiger partial charge < -0.3 is 4.90 Å². The highest BCUT2D eigenvalue weighted by Gasteiger charge is 2.59. The second kappa shape index (κ2) is 5.61. The summed E-state index contributed by atoms with van der Waals surface area (Å²) in [7, 11) is 0. The standard InChI is InChI=1S/C16H21FN2OS/c1-11(21-2)6-9-19-14(12-4-3-5-13(17)10-12)18-16(7-8-16)15(19)20/h3-5,10-11,14,18H,6-9H2,1-2H3. The van der Waals surface area contributed by atoms with Crippen molar-refractivity contribution in [3.05, 3.63) is 35.6 Å². The third kappa shape index (κ3) is 2.81. The predicted molar refractivity (Wildman–Crippen MR) is 83.5 cm³/mol. The minimum absolute atomic E-state index is 0.185. The van der Waals surface area contributed by atoms with E-state index in [9.17, 15) is 9.18 Å². The molecule has 1 heterocycles. The minimum Gasteiger partial charge on any atom is -0.321 e. The average molecular weight is 308 g/mol. The first kappa shape index (κ1) is 14.9. The molecule has 1 saturated carbocycles. The van der Waals surface area contributed by atoms with Gasteiger partial charge in [0.2, 0.25) is 5.91 Å². The van der Waals surface area contributed by atoms with Crippen LogP contribution in [-0.2, 0) is 4.79 Å². The van der Waals surface area contributed by atoms with Gasteiger partial charge in [-0.05, 0) is 43.2 Å². The first-order chi connectivity index (χ1) is 10.1. The lowest BCUT2D eigenvalue weighted by Gasteiger charge is -2.25. The fourth-order valence-corrected chi connectivity index (χ4v) is 3.23. The summed E-state index contributed by atoms with van der Waals surface area (Å²) >= 11 is 1.81. The molecule has 1 spiro atoms. The number of thioether (sulfide) groups is 1. The van der Waals surface area contributed by atoms with E-state index >= 15 is 0 Å². The van der Waals surface area contributed by atoms with Crippen molar-refractivity contribution >= 4 is 17.7 Å². The maximum atomic E-state index is 13.5. The van der Waals surface area contributed by atoms with Crippen LogP contribution < -0.4 is 5.32 Å². The highest BCUT2D eigenvalue weighted by molar-refractivity contribution is 7.99. The van der Waals surface area contributed by atoms with E-state index in [1.165, 1.54) is 12.1 Å². The van der Waals surface area contributed by atoms with Gasteiger partial charge in [-0.1, -0.05) is 19.1 Å². The zero-order chi connectivity index (χ0) is 15.0. The molecule has 5 heteroatoms. The van der Waals surface area contributed by atoms with Crippen molar-refractivity contribution in [2.45, 2.75) is 43.1 Å². The van der Waals surface area contributed by atoms with E-state index in [4.69, 9.17) is 0 Å². The van der Waals surface area contributed by atoms with E-state index in [2.05, 4.69) is 18.5 Å². The number of carbonyl (C=O) groups is 1. The number of nitrogens with one attached hydrogen (secondary N) is 1. The smallest absolute Gasteiger partial charge is 0.244 e. The molecular formula is C16H21FN2OS. The average Bonchev–Trinajstić information content (AvgIpc) is 3.20. The Morgan fingerprint density at radius 3 is 2.90 bits per heavy atom. The molecule has 0 aromatic heterocycles. The number of rotatable bonds is 5. The van der Waals surface area contributed by atoms with Gasteiger partial charge in [0.05, 0.1) is 0 Å². The molecule has 2 unspecified atom stereocenters. The molecule has 1 aromatic rings. The first-order valence-electron chi connectivity index (χ1n) is 7.43. The maximum Gasteiger partial charge on any atom is 0.244 e. The fourth-order valence-electron chi connectivity index (χ4n) is 2.89. The Labute approximate surface area is 129 Å². The van der Waals surface area contributed by atoms with Crippen molar-refractivity contribution in [2.75, 3.05) is 12.8 Å². The van der Waals surface area contributed by atoms with Gasteiger partial charge in [-0.3, -0.25) is 10.1 Å². The molecule has 1 aromatic carbocycles. The van der Waals surface area contributed by atoms with Crippen LogP contribution in [0.4, 0.5) is 4.39 Å². The highest BCUT2D eigenvalue weighted by atomic mass is 32.2. The van der Waals surface area contributed by atoms with Crippen LogP contribution >= 0.6 is 11.8 Å². The van der Waals surface area contributed by atoms with Crippen LogP contribution in [0.25, 0.3) is 0 Å². The minimum atomic E-state index is -0.362. The SMILES string of the molecule is CSC(C)CCN1C(=O)C2(CC2)NC1c1cccc(F)c1. The van der Waals surface area contributed by atoms with Crippen LogP contribution in [0.3, 0.4) is 0 Å². The summed E-state index contributed by atoms with van der Waals surface area (Å²) in [6, 6.07) is 6.56. The summed E-state index contributed by atoms with van der Waals surface area (Å²) < 4.78 is 13.5. The molecule has 1 saturated heterocycles. The number of hydrogen-bond acceptors (Lipinski definition) is 3. The van der Waals surface area contributed by atoms with Gasteiger partial charge in [0.15, 0.2) is 0 Å². The molecule has 2 atom stereocenters. The van der Waals surface area contributed by atoms with Crippen molar-refractivity contribution in [1.82, 2.24) is 10.2 Å². The Morgan fingerprint density at radius 1 is 1.52 bits per heavy atom. The van der Waals surface area contributed by atoms with Gasteiger partial charge in [0.25, 0.3) is 0 Å². The van der Waals surface area contributed by atoms with Crippen LogP contribution in [0.15, 0.2) is 24.3 Å².